The molecule has 0 bridgehead atoms. The van der Waals surface area contributed by atoms with Crippen molar-refractivity contribution >= 4 is 32.3 Å². The van der Waals surface area contributed by atoms with Gasteiger partial charge in [0.2, 0.25) is 0 Å². The lowest BCUT2D eigenvalue weighted by Gasteiger charge is -2.21. The molecule has 0 heterocycles. The van der Waals surface area contributed by atoms with Crippen LogP contribution in [0.2, 0.25) is 0 Å². The first kappa shape index (κ1) is 29.7. The topological polar surface area (TPSA) is 0 Å². The molecule has 0 amide bonds. The van der Waals surface area contributed by atoms with Gasteiger partial charge in [-0.15, -0.1) is 0 Å². The van der Waals surface area contributed by atoms with Gasteiger partial charge in [0.05, 0.1) is 0 Å². The monoisotopic (exact) mass is 648 g/mol. The Balaban J connectivity index is 1.17. The zero-order valence-corrected chi connectivity index (χ0v) is 28.8. The van der Waals surface area contributed by atoms with E-state index in [0.29, 0.717) is 0 Å². The lowest BCUT2D eigenvalue weighted by molar-refractivity contribution is 0.660. The van der Waals surface area contributed by atoms with Crippen LogP contribution >= 0.6 is 0 Å². The molecule has 0 unspecified atom stereocenters. The van der Waals surface area contributed by atoms with Crippen LogP contribution in [0.5, 0.6) is 0 Å². The zero-order valence-electron chi connectivity index (χ0n) is 28.8. The van der Waals surface area contributed by atoms with E-state index in [1.54, 1.807) is 0 Å². The Bertz CT molecular complexity index is 2750. The van der Waals surface area contributed by atoms with Gasteiger partial charge >= 0.3 is 0 Å². The summed E-state index contributed by atoms with van der Waals surface area (Å²) >= 11 is 0. The molecule has 0 aliphatic heterocycles. The minimum atomic E-state index is -0.0202. The van der Waals surface area contributed by atoms with Crippen molar-refractivity contribution in [1.82, 2.24) is 0 Å². The summed E-state index contributed by atoms with van der Waals surface area (Å²) in [4.78, 5) is 0. The SMILES string of the molecule is CC1(C)c2ccccc2-c2c(-c3ccc(-c4c5ccccc5c(-c5ccccc5-c5cccc6ccccc56)c5ccccc45)cc3)cccc21. The second-order valence-electron chi connectivity index (χ2n) is 14.4. The molecule has 0 heteroatoms. The Morgan fingerprint density at radius 1 is 0.275 bits per heavy atom. The van der Waals surface area contributed by atoms with Gasteiger partial charge in [-0.25, -0.2) is 0 Å². The summed E-state index contributed by atoms with van der Waals surface area (Å²) in [5.41, 5.74) is 15.6. The molecule has 0 fully saturated rings. The molecule has 0 nitrogen and oxygen atoms in total. The third-order valence-electron chi connectivity index (χ3n) is 11.3. The first-order chi connectivity index (χ1) is 25.1. The van der Waals surface area contributed by atoms with Crippen LogP contribution in [0.25, 0.3) is 88.0 Å². The average Bonchev–Trinajstić information content (AvgIpc) is 3.43. The molecule has 240 valence electrons. The maximum Gasteiger partial charge on any atom is 0.0159 e. The van der Waals surface area contributed by atoms with Crippen LogP contribution in [-0.2, 0) is 5.41 Å². The van der Waals surface area contributed by atoms with E-state index in [2.05, 4.69) is 196 Å². The molecule has 0 N–H and O–H groups in total. The molecular weight excluding hydrogens is 613 g/mol. The smallest absolute Gasteiger partial charge is 0.0159 e. The van der Waals surface area contributed by atoms with Crippen LogP contribution in [0.1, 0.15) is 25.0 Å². The maximum atomic E-state index is 2.35. The largest absolute Gasteiger partial charge is 0.0619 e. The van der Waals surface area contributed by atoms with Crippen molar-refractivity contribution in [2.45, 2.75) is 19.3 Å². The van der Waals surface area contributed by atoms with Crippen LogP contribution < -0.4 is 0 Å². The van der Waals surface area contributed by atoms with E-state index in [4.69, 9.17) is 0 Å². The normalized spacial score (nSPS) is 13.1. The van der Waals surface area contributed by atoms with Gasteiger partial charge in [0.1, 0.15) is 0 Å². The minimum Gasteiger partial charge on any atom is -0.0619 e. The van der Waals surface area contributed by atoms with Crippen molar-refractivity contribution in [3.05, 3.63) is 193 Å². The first-order valence-electron chi connectivity index (χ1n) is 17.9. The van der Waals surface area contributed by atoms with Gasteiger partial charge in [0.15, 0.2) is 0 Å². The molecule has 0 aromatic heterocycles. The number of fused-ring (bicyclic) bond motifs is 6. The number of rotatable bonds is 4. The Kier molecular flexibility index (Phi) is 6.63. The van der Waals surface area contributed by atoms with Crippen LogP contribution in [0.4, 0.5) is 0 Å². The number of hydrogen-bond acceptors (Lipinski definition) is 0. The fourth-order valence-electron chi connectivity index (χ4n) is 8.94. The van der Waals surface area contributed by atoms with Gasteiger partial charge in [0, 0.05) is 5.41 Å². The number of hydrogen-bond donors (Lipinski definition) is 0. The Labute approximate surface area is 299 Å². The minimum absolute atomic E-state index is 0.0202. The maximum absolute atomic E-state index is 2.35. The molecule has 9 aromatic carbocycles. The van der Waals surface area contributed by atoms with Crippen molar-refractivity contribution in [2.75, 3.05) is 0 Å². The van der Waals surface area contributed by atoms with Crippen LogP contribution in [0, 0.1) is 0 Å². The predicted molar refractivity (Wildman–Crippen MR) is 218 cm³/mol. The van der Waals surface area contributed by atoms with E-state index in [1.165, 1.54) is 99.1 Å². The predicted octanol–water partition coefficient (Wildman–Crippen LogP) is 14.1. The average molecular weight is 649 g/mol. The standard InChI is InChI=1S/C51H36/c1-51(2)46-27-12-11-24-45(46)50-37(25-14-28-47(50)51)34-29-31-35(32-30-34)48-41-20-7-9-22-43(41)49(44-23-10-8-21-42(44)48)40-19-6-5-18-39(40)38-26-13-16-33-15-3-4-17-36(33)38/h3-32H,1-2H3. The molecule has 0 saturated carbocycles. The molecule has 0 saturated heterocycles. The molecule has 51 heavy (non-hydrogen) atoms. The molecular formula is C51H36. The quantitative estimate of drug-likeness (QED) is 0.167. The van der Waals surface area contributed by atoms with Crippen molar-refractivity contribution in [3.63, 3.8) is 0 Å². The van der Waals surface area contributed by atoms with Crippen molar-refractivity contribution in [2.24, 2.45) is 0 Å². The summed E-state index contributed by atoms with van der Waals surface area (Å²) < 4.78 is 0. The highest BCUT2D eigenvalue weighted by molar-refractivity contribution is 6.22. The summed E-state index contributed by atoms with van der Waals surface area (Å²) in [6, 6.07) is 67.3. The van der Waals surface area contributed by atoms with Crippen LogP contribution in [0.15, 0.2) is 182 Å². The fourth-order valence-corrected chi connectivity index (χ4v) is 8.94. The van der Waals surface area contributed by atoms with Crippen molar-refractivity contribution in [3.8, 4) is 55.6 Å². The van der Waals surface area contributed by atoms with E-state index in [0.717, 1.165) is 0 Å². The van der Waals surface area contributed by atoms with E-state index >= 15 is 0 Å². The van der Waals surface area contributed by atoms with Gasteiger partial charge in [-0.3, -0.25) is 0 Å². The first-order valence-corrected chi connectivity index (χ1v) is 17.9. The van der Waals surface area contributed by atoms with Crippen LogP contribution in [0.3, 0.4) is 0 Å². The molecule has 1 aliphatic carbocycles. The fraction of sp³-hybridized carbons (Fsp3) is 0.0588. The van der Waals surface area contributed by atoms with Gasteiger partial charge in [0.25, 0.3) is 0 Å². The van der Waals surface area contributed by atoms with Gasteiger partial charge in [-0.2, -0.15) is 0 Å². The molecule has 0 atom stereocenters. The summed E-state index contributed by atoms with van der Waals surface area (Å²) in [5.74, 6) is 0. The molecule has 9 aromatic rings. The summed E-state index contributed by atoms with van der Waals surface area (Å²) in [6.45, 7) is 4.70. The van der Waals surface area contributed by atoms with Crippen molar-refractivity contribution in [1.29, 1.82) is 0 Å². The highest BCUT2D eigenvalue weighted by atomic mass is 14.4. The van der Waals surface area contributed by atoms with E-state index in [-0.39, 0.29) is 5.41 Å². The van der Waals surface area contributed by atoms with Crippen LogP contribution in [-0.4, -0.2) is 0 Å². The third-order valence-corrected chi connectivity index (χ3v) is 11.3. The van der Waals surface area contributed by atoms with Gasteiger partial charge in [-0.05, 0) is 99.1 Å². The van der Waals surface area contributed by atoms with E-state index in [9.17, 15) is 0 Å². The van der Waals surface area contributed by atoms with Gasteiger partial charge in [-0.1, -0.05) is 196 Å². The summed E-state index contributed by atoms with van der Waals surface area (Å²) in [7, 11) is 0. The second-order valence-corrected chi connectivity index (χ2v) is 14.4. The highest BCUT2D eigenvalue weighted by Gasteiger charge is 2.36. The van der Waals surface area contributed by atoms with E-state index < -0.39 is 0 Å². The number of benzene rings is 9. The third kappa shape index (κ3) is 4.46. The Morgan fingerprint density at radius 2 is 0.725 bits per heavy atom. The molecule has 0 spiro atoms. The summed E-state index contributed by atoms with van der Waals surface area (Å²) in [6.07, 6.45) is 0. The Hall–Kier alpha value is -6.24. The van der Waals surface area contributed by atoms with Gasteiger partial charge < -0.3 is 0 Å². The zero-order chi connectivity index (χ0) is 34.1. The van der Waals surface area contributed by atoms with Crippen molar-refractivity contribution < 1.29 is 0 Å². The lowest BCUT2D eigenvalue weighted by atomic mass is 9.82. The second kappa shape index (κ2) is 11.4. The van der Waals surface area contributed by atoms with E-state index in [1.807, 2.05) is 0 Å². The summed E-state index contributed by atoms with van der Waals surface area (Å²) in [5, 5.41) is 7.59. The molecule has 10 rings (SSSR count). The lowest BCUT2D eigenvalue weighted by Crippen LogP contribution is -2.14. The molecule has 1 aliphatic rings. The Morgan fingerprint density at radius 3 is 1.43 bits per heavy atom. The highest BCUT2D eigenvalue weighted by Crippen LogP contribution is 2.52. The molecule has 0 radical (unpaired) electrons.